The van der Waals surface area contributed by atoms with Crippen LogP contribution in [0.25, 0.3) is 0 Å². The molecule has 19 heavy (non-hydrogen) atoms. The van der Waals surface area contributed by atoms with E-state index in [1.165, 1.54) is 0 Å². The van der Waals surface area contributed by atoms with E-state index in [-0.39, 0.29) is 12.5 Å². The molecule has 5 heteroatoms. The number of carbonyl (C=O) groups excluding carboxylic acids is 1. The highest BCUT2D eigenvalue weighted by Gasteiger charge is 2.22. The van der Waals surface area contributed by atoms with E-state index in [9.17, 15) is 4.79 Å². The standard InChI is InChI=1S/C14H21N3O2/c1-10(6-15)7-16-8-11-3-4-13-12(5-11)17(2)14(18)9-19-13/h3-5,10,16H,6-9,15H2,1-2H3. The second-order valence-electron chi connectivity index (χ2n) is 5.02. The number of hydrogen-bond acceptors (Lipinski definition) is 4. The molecule has 2 rings (SSSR count). The molecule has 1 aliphatic heterocycles. The van der Waals surface area contributed by atoms with Gasteiger partial charge in [0, 0.05) is 13.6 Å². The van der Waals surface area contributed by atoms with E-state index in [2.05, 4.69) is 12.2 Å². The number of nitrogens with two attached hydrogens (primary N) is 1. The summed E-state index contributed by atoms with van der Waals surface area (Å²) < 4.78 is 5.39. The zero-order chi connectivity index (χ0) is 13.8. The van der Waals surface area contributed by atoms with Crippen LogP contribution >= 0.6 is 0 Å². The summed E-state index contributed by atoms with van der Waals surface area (Å²) in [5, 5.41) is 3.36. The number of nitrogens with zero attached hydrogens (tertiary/aromatic N) is 1. The third kappa shape index (κ3) is 3.24. The number of ether oxygens (including phenoxy) is 1. The van der Waals surface area contributed by atoms with Crippen molar-refractivity contribution in [2.45, 2.75) is 13.5 Å². The predicted molar refractivity (Wildman–Crippen MR) is 75.3 cm³/mol. The van der Waals surface area contributed by atoms with Gasteiger partial charge in [-0.2, -0.15) is 0 Å². The molecule has 0 saturated heterocycles. The van der Waals surface area contributed by atoms with Gasteiger partial charge in [0.15, 0.2) is 6.61 Å². The molecule has 0 saturated carbocycles. The smallest absolute Gasteiger partial charge is 0.264 e. The Hall–Kier alpha value is -1.59. The van der Waals surface area contributed by atoms with Crippen molar-refractivity contribution in [3.63, 3.8) is 0 Å². The van der Waals surface area contributed by atoms with E-state index in [1.54, 1.807) is 11.9 Å². The van der Waals surface area contributed by atoms with Crippen LogP contribution in [-0.2, 0) is 11.3 Å². The minimum atomic E-state index is -0.0191. The molecule has 1 aliphatic rings. The fourth-order valence-electron chi connectivity index (χ4n) is 1.97. The monoisotopic (exact) mass is 263 g/mol. The van der Waals surface area contributed by atoms with E-state index in [4.69, 9.17) is 10.5 Å². The average molecular weight is 263 g/mol. The normalized spacial score (nSPS) is 15.9. The van der Waals surface area contributed by atoms with E-state index < -0.39 is 0 Å². The first-order valence-electron chi connectivity index (χ1n) is 6.55. The van der Waals surface area contributed by atoms with Gasteiger partial charge in [-0.25, -0.2) is 0 Å². The quantitative estimate of drug-likeness (QED) is 0.821. The lowest BCUT2D eigenvalue weighted by molar-refractivity contribution is -0.120. The molecule has 0 spiro atoms. The van der Waals surface area contributed by atoms with Crippen molar-refractivity contribution in [1.82, 2.24) is 5.32 Å². The highest BCUT2D eigenvalue weighted by atomic mass is 16.5. The molecule has 1 aromatic carbocycles. The fourth-order valence-corrected chi connectivity index (χ4v) is 1.97. The van der Waals surface area contributed by atoms with E-state index in [0.29, 0.717) is 12.5 Å². The molecular weight excluding hydrogens is 242 g/mol. The van der Waals surface area contributed by atoms with Crippen molar-refractivity contribution < 1.29 is 9.53 Å². The van der Waals surface area contributed by atoms with E-state index in [1.807, 2.05) is 18.2 Å². The SMILES string of the molecule is CC(CN)CNCc1ccc2c(c1)N(C)C(=O)CO2. The van der Waals surface area contributed by atoms with Gasteiger partial charge in [-0.1, -0.05) is 13.0 Å². The number of likely N-dealkylation sites (N-methyl/N-ethyl adjacent to an activating group) is 1. The third-order valence-corrected chi connectivity index (χ3v) is 3.33. The summed E-state index contributed by atoms with van der Waals surface area (Å²) in [5.74, 6) is 1.21. The zero-order valence-electron chi connectivity index (χ0n) is 11.5. The van der Waals surface area contributed by atoms with E-state index >= 15 is 0 Å². The number of hydrogen-bond donors (Lipinski definition) is 2. The minimum Gasteiger partial charge on any atom is -0.482 e. The molecule has 0 bridgehead atoms. The first-order chi connectivity index (χ1) is 9.11. The second kappa shape index (κ2) is 6.04. The summed E-state index contributed by atoms with van der Waals surface area (Å²) >= 11 is 0. The maximum Gasteiger partial charge on any atom is 0.264 e. The molecule has 5 nitrogen and oxygen atoms in total. The van der Waals surface area contributed by atoms with Crippen LogP contribution in [0.1, 0.15) is 12.5 Å². The predicted octanol–water partition coefficient (Wildman–Crippen LogP) is 0.726. The minimum absolute atomic E-state index is 0.0191. The first-order valence-corrected chi connectivity index (χ1v) is 6.55. The third-order valence-electron chi connectivity index (χ3n) is 3.33. The topological polar surface area (TPSA) is 67.6 Å². The van der Waals surface area contributed by atoms with Crippen molar-refractivity contribution in [3.8, 4) is 5.75 Å². The number of benzene rings is 1. The number of nitrogens with one attached hydrogen (secondary N) is 1. The Balaban J connectivity index is 2.02. The van der Waals surface area contributed by atoms with Crippen molar-refractivity contribution in [2.24, 2.45) is 11.7 Å². The highest BCUT2D eigenvalue weighted by molar-refractivity contribution is 5.97. The van der Waals surface area contributed by atoms with Gasteiger partial charge in [-0.05, 0) is 36.7 Å². The molecule has 104 valence electrons. The van der Waals surface area contributed by atoms with Crippen LogP contribution in [0.3, 0.4) is 0 Å². The van der Waals surface area contributed by atoms with Crippen LogP contribution in [-0.4, -0.2) is 32.7 Å². The second-order valence-corrected chi connectivity index (χ2v) is 5.02. The summed E-state index contributed by atoms with van der Waals surface area (Å²) in [6.45, 7) is 4.57. The van der Waals surface area contributed by atoms with Crippen LogP contribution < -0.4 is 20.7 Å². The van der Waals surface area contributed by atoms with Gasteiger partial charge in [0.1, 0.15) is 5.75 Å². The molecule has 0 aromatic heterocycles. The fraction of sp³-hybridized carbons (Fsp3) is 0.500. The largest absolute Gasteiger partial charge is 0.482 e. The molecule has 0 fully saturated rings. The zero-order valence-corrected chi connectivity index (χ0v) is 11.5. The summed E-state index contributed by atoms with van der Waals surface area (Å²) in [5.41, 5.74) is 7.54. The van der Waals surface area contributed by atoms with Gasteiger partial charge in [-0.3, -0.25) is 4.79 Å². The van der Waals surface area contributed by atoms with Gasteiger partial charge < -0.3 is 20.7 Å². The molecule has 1 atom stereocenters. The summed E-state index contributed by atoms with van der Waals surface area (Å²) in [6, 6.07) is 5.93. The summed E-state index contributed by atoms with van der Waals surface area (Å²) in [4.78, 5) is 13.2. The Morgan fingerprint density at radius 3 is 3.05 bits per heavy atom. The molecular formula is C14H21N3O2. The highest BCUT2D eigenvalue weighted by Crippen LogP contribution is 2.31. The van der Waals surface area contributed by atoms with Gasteiger partial charge in [-0.15, -0.1) is 0 Å². The number of fused-ring (bicyclic) bond motifs is 1. The maximum absolute atomic E-state index is 11.6. The molecule has 1 unspecified atom stereocenters. The van der Waals surface area contributed by atoms with Crippen LogP contribution in [0, 0.1) is 5.92 Å². The Kier molecular flexibility index (Phi) is 4.39. The molecule has 0 radical (unpaired) electrons. The van der Waals surface area contributed by atoms with Crippen LogP contribution in [0.2, 0.25) is 0 Å². The van der Waals surface area contributed by atoms with Gasteiger partial charge in [0.05, 0.1) is 5.69 Å². The average Bonchev–Trinajstić information content (AvgIpc) is 2.43. The van der Waals surface area contributed by atoms with Crippen molar-refractivity contribution in [1.29, 1.82) is 0 Å². The lowest BCUT2D eigenvalue weighted by Crippen LogP contribution is -2.35. The summed E-state index contributed by atoms with van der Waals surface area (Å²) in [7, 11) is 1.78. The van der Waals surface area contributed by atoms with E-state index in [0.717, 1.165) is 30.1 Å². The number of rotatable bonds is 5. The Bertz CT molecular complexity index is 462. The van der Waals surface area contributed by atoms with Crippen LogP contribution in [0.5, 0.6) is 5.75 Å². The lowest BCUT2D eigenvalue weighted by Gasteiger charge is -2.26. The van der Waals surface area contributed by atoms with Crippen LogP contribution in [0.4, 0.5) is 5.69 Å². The molecule has 1 amide bonds. The van der Waals surface area contributed by atoms with Crippen molar-refractivity contribution in [3.05, 3.63) is 23.8 Å². The molecule has 1 heterocycles. The van der Waals surface area contributed by atoms with Crippen LogP contribution in [0.15, 0.2) is 18.2 Å². The molecule has 0 aliphatic carbocycles. The Morgan fingerprint density at radius 1 is 1.53 bits per heavy atom. The molecule has 3 N–H and O–H groups in total. The van der Waals surface area contributed by atoms with Gasteiger partial charge in [0.25, 0.3) is 5.91 Å². The van der Waals surface area contributed by atoms with Gasteiger partial charge >= 0.3 is 0 Å². The Labute approximate surface area is 113 Å². The van der Waals surface area contributed by atoms with Crippen molar-refractivity contribution >= 4 is 11.6 Å². The molecule has 1 aromatic rings. The number of anilines is 1. The van der Waals surface area contributed by atoms with Gasteiger partial charge in [0.2, 0.25) is 0 Å². The van der Waals surface area contributed by atoms with Crippen molar-refractivity contribution in [2.75, 3.05) is 31.6 Å². The lowest BCUT2D eigenvalue weighted by atomic mass is 10.1. The maximum atomic E-state index is 11.6. The summed E-state index contributed by atoms with van der Waals surface area (Å²) in [6.07, 6.45) is 0. The number of amides is 1. The first kappa shape index (κ1) is 13.8. The Morgan fingerprint density at radius 2 is 2.32 bits per heavy atom. The number of carbonyl (C=O) groups is 1.